The number of hydrogen-bond donors (Lipinski definition) is 1. The fraction of sp³-hybridized carbons (Fsp3) is 0.250. The smallest absolute Gasteiger partial charge is 0.263 e. The van der Waals surface area contributed by atoms with Gasteiger partial charge in [-0.2, -0.15) is 0 Å². The van der Waals surface area contributed by atoms with E-state index < -0.39 is 0 Å². The molecule has 3 aromatic rings. The maximum Gasteiger partial charge on any atom is 0.263 e. The van der Waals surface area contributed by atoms with Gasteiger partial charge in [0.25, 0.3) is 5.91 Å². The van der Waals surface area contributed by atoms with Crippen molar-refractivity contribution >= 4 is 17.2 Å². The molecular formula is C20H18FN3O3S. The number of amides is 1. The Morgan fingerprint density at radius 3 is 2.79 bits per heavy atom. The van der Waals surface area contributed by atoms with Crippen LogP contribution in [0.15, 0.2) is 48.8 Å². The zero-order valence-corrected chi connectivity index (χ0v) is 15.7. The van der Waals surface area contributed by atoms with Crippen LogP contribution in [0.5, 0.6) is 11.6 Å². The Balaban J connectivity index is 1.30. The van der Waals surface area contributed by atoms with E-state index in [1.54, 1.807) is 18.5 Å². The molecule has 8 heteroatoms. The van der Waals surface area contributed by atoms with E-state index in [-0.39, 0.29) is 17.8 Å². The lowest BCUT2D eigenvalue weighted by atomic mass is 10.2. The van der Waals surface area contributed by atoms with Crippen LogP contribution in [0.1, 0.15) is 39.2 Å². The second kappa shape index (κ2) is 8.45. The number of hydrogen-bond acceptors (Lipinski definition) is 6. The van der Waals surface area contributed by atoms with Crippen molar-refractivity contribution in [2.45, 2.75) is 25.5 Å². The minimum atomic E-state index is -0.324. The first-order chi connectivity index (χ1) is 13.7. The second-order valence-corrected chi connectivity index (χ2v) is 7.37. The number of nitrogens with zero attached hydrogens (tertiary/aromatic N) is 2. The van der Waals surface area contributed by atoms with Gasteiger partial charge in [-0.05, 0) is 42.7 Å². The van der Waals surface area contributed by atoms with Gasteiger partial charge in [0, 0.05) is 25.4 Å². The van der Waals surface area contributed by atoms with Crippen LogP contribution in [-0.2, 0) is 11.3 Å². The molecule has 0 saturated carbocycles. The highest BCUT2D eigenvalue weighted by atomic mass is 32.1. The Labute approximate surface area is 165 Å². The molecule has 4 rings (SSSR count). The Bertz CT molecular complexity index is 938. The molecule has 1 atom stereocenters. The zero-order chi connectivity index (χ0) is 19.3. The molecule has 3 heterocycles. The molecule has 1 fully saturated rings. The largest absolute Gasteiger partial charge is 0.439 e. The highest BCUT2D eigenvalue weighted by Crippen LogP contribution is 2.31. The number of rotatable bonds is 6. The molecule has 1 unspecified atom stereocenters. The third-order valence-electron chi connectivity index (χ3n) is 4.24. The van der Waals surface area contributed by atoms with E-state index >= 15 is 0 Å². The summed E-state index contributed by atoms with van der Waals surface area (Å²) in [6.07, 6.45) is 5.22. The monoisotopic (exact) mass is 399 g/mol. The van der Waals surface area contributed by atoms with Crippen LogP contribution >= 0.6 is 11.3 Å². The Morgan fingerprint density at radius 1 is 1.21 bits per heavy atom. The molecule has 0 bridgehead atoms. The summed E-state index contributed by atoms with van der Waals surface area (Å²) in [5, 5.41) is 3.72. The van der Waals surface area contributed by atoms with Crippen LogP contribution in [0.25, 0.3) is 0 Å². The van der Waals surface area contributed by atoms with E-state index in [4.69, 9.17) is 9.47 Å². The molecule has 6 nitrogen and oxygen atoms in total. The molecule has 1 saturated heterocycles. The fourth-order valence-corrected chi connectivity index (χ4v) is 3.70. The summed E-state index contributed by atoms with van der Waals surface area (Å²) in [6.45, 7) is 1.09. The van der Waals surface area contributed by atoms with Crippen LogP contribution in [0.2, 0.25) is 0 Å². The molecule has 1 N–H and O–H groups in total. The van der Waals surface area contributed by atoms with Gasteiger partial charge in [-0.25, -0.2) is 14.4 Å². The molecule has 0 spiro atoms. The van der Waals surface area contributed by atoms with E-state index in [2.05, 4.69) is 15.3 Å². The van der Waals surface area contributed by atoms with Crippen LogP contribution < -0.4 is 10.1 Å². The normalized spacial score (nSPS) is 16.1. The van der Waals surface area contributed by atoms with Crippen LogP contribution in [0.4, 0.5) is 4.39 Å². The number of pyridine rings is 1. The quantitative estimate of drug-likeness (QED) is 0.671. The van der Waals surface area contributed by atoms with Crippen molar-refractivity contribution in [3.8, 4) is 11.6 Å². The summed E-state index contributed by atoms with van der Waals surface area (Å²) in [5.41, 5.74) is 0.837. The zero-order valence-electron chi connectivity index (χ0n) is 14.9. The van der Waals surface area contributed by atoms with Gasteiger partial charge in [-0.3, -0.25) is 4.79 Å². The molecular weight excluding hydrogens is 381 g/mol. The minimum Gasteiger partial charge on any atom is -0.439 e. The number of benzene rings is 1. The number of halogens is 1. The number of carbonyl (C=O) groups is 1. The molecule has 0 radical (unpaired) electrons. The lowest BCUT2D eigenvalue weighted by Crippen LogP contribution is -2.21. The number of nitrogens with one attached hydrogen (secondary N) is 1. The average Bonchev–Trinajstić information content (AvgIpc) is 3.41. The lowest BCUT2D eigenvalue weighted by molar-refractivity contribution is 0.0954. The Hall–Kier alpha value is -2.84. The fourth-order valence-electron chi connectivity index (χ4n) is 2.78. The van der Waals surface area contributed by atoms with E-state index in [1.807, 2.05) is 6.07 Å². The third kappa shape index (κ3) is 4.52. The molecule has 1 amide bonds. The number of ether oxygens (including phenoxy) is 2. The second-order valence-electron chi connectivity index (χ2n) is 6.31. The SMILES string of the molecule is O=C(NCc1ccc(Oc2ccc(F)cc2)nc1)c1cnc(C2CCCO2)s1. The molecule has 1 aliphatic rings. The van der Waals surface area contributed by atoms with Crippen LogP contribution in [0.3, 0.4) is 0 Å². The lowest BCUT2D eigenvalue weighted by Gasteiger charge is -2.07. The molecule has 0 aliphatic carbocycles. The van der Waals surface area contributed by atoms with E-state index in [0.29, 0.717) is 23.1 Å². The first-order valence-electron chi connectivity index (χ1n) is 8.91. The van der Waals surface area contributed by atoms with Gasteiger partial charge < -0.3 is 14.8 Å². The van der Waals surface area contributed by atoms with Crippen molar-refractivity contribution in [3.63, 3.8) is 0 Å². The van der Waals surface area contributed by atoms with Gasteiger partial charge in [-0.15, -0.1) is 11.3 Å². The summed E-state index contributed by atoms with van der Waals surface area (Å²) in [4.78, 5) is 21.4. The molecule has 144 valence electrons. The van der Waals surface area contributed by atoms with Gasteiger partial charge >= 0.3 is 0 Å². The van der Waals surface area contributed by atoms with Crippen molar-refractivity contribution < 1.29 is 18.7 Å². The van der Waals surface area contributed by atoms with Gasteiger partial charge in [-0.1, -0.05) is 6.07 Å². The predicted molar refractivity (Wildman–Crippen MR) is 102 cm³/mol. The first kappa shape index (κ1) is 18.5. The standard InChI is InChI=1S/C20H18FN3O3S/c21-14-4-6-15(7-5-14)27-18-8-3-13(10-22-18)11-23-19(25)17-12-24-20(28-17)16-2-1-9-26-16/h3-8,10,12,16H,1-2,9,11H2,(H,23,25). The Morgan fingerprint density at radius 2 is 2.07 bits per heavy atom. The number of carbonyl (C=O) groups excluding carboxylic acids is 1. The molecule has 1 aromatic carbocycles. The minimum absolute atomic E-state index is 0.0180. The van der Waals surface area contributed by atoms with E-state index in [9.17, 15) is 9.18 Å². The summed E-state index contributed by atoms with van der Waals surface area (Å²) in [5.74, 6) is 0.399. The maximum absolute atomic E-state index is 12.9. The van der Waals surface area contributed by atoms with Gasteiger partial charge in [0.1, 0.15) is 27.6 Å². The maximum atomic E-state index is 12.9. The first-order valence-corrected chi connectivity index (χ1v) is 9.73. The third-order valence-corrected chi connectivity index (χ3v) is 5.33. The molecule has 28 heavy (non-hydrogen) atoms. The van der Waals surface area contributed by atoms with E-state index in [0.717, 1.165) is 30.0 Å². The average molecular weight is 399 g/mol. The Kier molecular flexibility index (Phi) is 5.59. The highest BCUT2D eigenvalue weighted by Gasteiger charge is 2.22. The van der Waals surface area contributed by atoms with Crippen molar-refractivity contribution in [1.29, 1.82) is 0 Å². The highest BCUT2D eigenvalue weighted by molar-refractivity contribution is 7.13. The van der Waals surface area contributed by atoms with Crippen molar-refractivity contribution in [2.24, 2.45) is 0 Å². The molecule has 2 aromatic heterocycles. The van der Waals surface area contributed by atoms with Gasteiger partial charge in [0.05, 0.1) is 6.20 Å². The van der Waals surface area contributed by atoms with Gasteiger partial charge in [0.2, 0.25) is 5.88 Å². The summed E-state index contributed by atoms with van der Waals surface area (Å²) in [6, 6.07) is 9.23. The summed E-state index contributed by atoms with van der Waals surface area (Å²) < 4.78 is 24.1. The van der Waals surface area contributed by atoms with E-state index in [1.165, 1.54) is 35.6 Å². The number of aromatic nitrogens is 2. The summed E-state index contributed by atoms with van der Waals surface area (Å²) >= 11 is 1.37. The van der Waals surface area contributed by atoms with Gasteiger partial charge in [0.15, 0.2) is 0 Å². The number of thiazole rings is 1. The van der Waals surface area contributed by atoms with Crippen molar-refractivity contribution in [2.75, 3.05) is 6.61 Å². The molecule has 1 aliphatic heterocycles. The van der Waals surface area contributed by atoms with Crippen LogP contribution in [0, 0.1) is 5.82 Å². The van der Waals surface area contributed by atoms with Crippen molar-refractivity contribution in [1.82, 2.24) is 15.3 Å². The topological polar surface area (TPSA) is 73.3 Å². The van der Waals surface area contributed by atoms with Crippen molar-refractivity contribution in [3.05, 3.63) is 70.1 Å². The summed E-state index contributed by atoms with van der Waals surface area (Å²) in [7, 11) is 0. The predicted octanol–water partition coefficient (Wildman–Crippen LogP) is 4.25. The van der Waals surface area contributed by atoms with Crippen LogP contribution in [-0.4, -0.2) is 22.5 Å².